The number of carbonyl (C=O) groups is 3. The number of ketones is 2. The highest BCUT2D eigenvalue weighted by Crippen LogP contribution is 2.41. The summed E-state index contributed by atoms with van der Waals surface area (Å²) in [6.07, 6.45) is 1.58. The molecule has 2 unspecified atom stereocenters. The summed E-state index contributed by atoms with van der Waals surface area (Å²) in [4.78, 5) is 44.1. The molecule has 128 valence electrons. The normalized spacial score (nSPS) is 19.8. The Hall–Kier alpha value is -3.12. The van der Waals surface area contributed by atoms with Gasteiger partial charge in [0.25, 0.3) is 5.91 Å². The molecule has 1 saturated heterocycles. The lowest BCUT2D eigenvalue weighted by Crippen LogP contribution is -2.30. The first-order valence-electron chi connectivity index (χ1n) is 8.09. The zero-order valence-corrected chi connectivity index (χ0v) is 14.4. The molecule has 5 nitrogen and oxygen atoms in total. The number of amides is 1. The van der Waals surface area contributed by atoms with E-state index in [1.807, 2.05) is 30.3 Å². The molecule has 0 aliphatic carbocycles. The lowest BCUT2D eigenvalue weighted by atomic mass is 9.86. The molecule has 1 amide bonds. The van der Waals surface area contributed by atoms with Crippen molar-refractivity contribution in [2.24, 2.45) is 5.92 Å². The fourth-order valence-electron chi connectivity index (χ4n) is 3.25. The lowest BCUT2D eigenvalue weighted by molar-refractivity contribution is -0.135. The standard InChI is InChI=1S/C20H14N2O3S/c23-17(14-9-5-2-6-10-14)15-16(13-7-3-1-4-8-13)22(19(25)18(15)24)20-21-11-12-26-20/h1-12,15-16H. The Kier molecular flexibility index (Phi) is 4.18. The average Bonchev–Trinajstić information content (AvgIpc) is 3.30. The largest absolute Gasteiger partial charge is 0.297 e. The summed E-state index contributed by atoms with van der Waals surface area (Å²) in [6.45, 7) is 0. The van der Waals surface area contributed by atoms with Gasteiger partial charge in [-0.1, -0.05) is 60.7 Å². The number of thiazole rings is 1. The molecule has 1 aliphatic rings. The van der Waals surface area contributed by atoms with Crippen molar-refractivity contribution in [1.29, 1.82) is 0 Å². The molecule has 0 radical (unpaired) electrons. The number of nitrogens with zero attached hydrogens (tertiary/aromatic N) is 2. The lowest BCUT2D eigenvalue weighted by Gasteiger charge is -2.25. The van der Waals surface area contributed by atoms with Gasteiger partial charge in [-0.05, 0) is 5.56 Å². The maximum absolute atomic E-state index is 13.1. The molecule has 1 aliphatic heterocycles. The molecular weight excluding hydrogens is 348 g/mol. The molecule has 26 heavy (non-hydrogen) atoms. The van der Waals surface area contributed by atoms with Gasteiger partial charge in [0, 0.05) is 17.1 Å². The van der Waals surface area contributed by atoms with Crippen LogP contribution < -0.4 is 4.90 Å². The second-order valence-electron chi connectivity index (χ2n) is 5.92. The van der Waals surface area contributed by atoms with Gasteiger partial charge in [-0.25, -0.2) is 4.98 Å². The van der Waals surface area contributed by atoms with E-state index in [9.17, 15) is 14.4 Å². The van der Waals surface area contributed by atoms with Crippen molar-refractivity contribution in [1.82, 2.24) is 4.98 Å². The Morgan fingerprint density at radius 1 is 0.962 bits per heavy atom. The van der Waals surface area contributed by atoms with E-state index in [0.29, 0.717) is 10.7 Å². The van der Waals surface area contributed by atoms with Gasteiger partial charge in [0.2, 0.25) is 5.78 Å². The minimum absolute atomic E-state index is 0.350. The van der Waals surface area contributed by atoms with Crippen molar-refractivity contribution >= 4 is 33.9 Å². The molecule has 1 aromatic heterocycles. The minimum Gasteiger partial charge on any atom is -0.293 e. The van der Waals surface area contributed by atoms with E-state index in [4.69, 9.17) is 0 Å². The summed E-state index contributed by atoms with van der Waals surface area (Å²) in [7, 11) is 0. The van der Waals surface area contributed by atoms with Crippen LogP contribution >= 0.6 is 11.3 Å². The molecule has 2 heterocycles. The maximum Gasteiger partial charge on any atom is 0.297 e. The van der Waals surface area contributed by atoms with Crippen LogP contribution in [0.1, 0.15) is 22.0 Å². The molecule has 1 fully saturated rings. The first-order valence-corrected chi connectivity index (χ1v) is 8.97. The third kappa shape index (κ3) is 2.64. The molecule has 4 rings (SSSR count). The smallest absolute Gasteiger partial charge is 0.293 e. The molecule has 0 spiro atoms. The Labute approximate surface area is 153 Å². The van der Waals surface area contributed by atoms with Gasteiger partial charge >= 0.3 is 0 Å². The average molecular weight is 362 g/mol. The molecule has 0 N–H and O–H groups in total. The van der Waals surface area contributed by atoms with Gasteiger partial charge < -0.3 is 0 Å². The highest BCUT2D eigenvalue weighted by molar-refractivity contribution is 7.14. The van der Waals surface area contributed by atoms with E-state index in [-0.39, 0.29) is 5.78 Å². The summed E-state index contributed by atoms with van der Waals surface area (Å²) >= 11 is 1.26. The number of benzene rings is 2. The van der Waals surface area contributed by atoms with Gasteiger partial charge in [-0.15, -0.1) is 11.3 Å². The van der Waals surface area contributed by atoms with Crippen LogP contribution in [0.2, 0.25) is 0 Å². The molecular formula is C20H14N2O3S. The van der Waals surface area contributed by atoms with Gasteiger partial charge in [-0.3, -0.25) is 19.3 Å². The Morgan fingerprint density at radius 2 is 1.62 bits per heavy atom. The van der Waals surface area contributed by atoms with Crippen molar-refractivity contribution in [3.05, 3.63) is 83.4 Å². The van der Waals surface area contributed by atoms with Gasteiger partial charge in [-0.2, -0.15) is 0 Å². The molecule has 2 aromatic carbocycles. The first-order chi connectivity index (χ1) is 12.7. The summed E-state index contributed by atoms with van der Waals surface area (Å²) < 4.78 is 0. The predicted molar refractivity (Wildman–Crippen MR) is 98.1 cm³/mol. The second-order valence-corrected chi connectivity index (χ2v) is 6.79. The van der Waals surface area contributed by atoms with Crippen molar-refractivity contribution in [2.45, 2.75) is 6.04 Å². The molecule has 2 atom stereocenters. The third-order valence-electron chi connectivity index (χ3n) is 4.41. The fourth-order valence-corrected chi connectivity index (χ4v) is 3.92. The SMILES string of the molecule is O=C1C(=O)N(c2nccs2)C(c2ccccc2)C1C(=O)c1ccccc1. The van der Waals surface area contributed by atoms with Crippen LogP contribution in [0.4, 0.5) is 5.13 Å². The summed E-state index contributed by atoms with van der Waals surface area (Å²) in [5.74, 6) is -2.82. The zero-order valence-electron chi connectivity index (χ0n) is 13.6. The summed E-state index contributed by atoms with van der Waals surface area (Å²) in [5, 5.41) is 2.15. The molecule has 0 bridgehead atoms. The maximum atomic E-state index is 13.1. The van der Waals surface area contributed by atoms with E-state index >= 15 is 0 Å². The van der Waals surface area contributed by atoms with Crippen LogP contribution in [0.25, 0.3) is 0 Å². The Morgan fingerprint density at radius 3 is 2.23 bits per heavy atom. The number of hydrogen-bond acceptors (Lipinski definition) is 5. The van der Waals surface area contributed by atoms with Crippen molar-refractivity contribution in [3.8, 4) is 0 Å². The van der Waals surface area contributed by atoms with E-state index in [0.717, 1.165) is 5.56 Å². The summed E-state index contributed by atoms with van der Waals surface area (Å²) in [5.41, 5.74) is 1.15. The van der Waals surface area contributed by atoms with Gasteiger partial charge in [0.05, 0.1) is 6.04 Å². The third-order valence-corrected chi connectivity index (χ3v) is 5.18. The Bertz CT molecular complexity index is 955. The molecule has 0 saturated carbocycles. The van der Waals surface area contributed by atoms with Crippen molar-refractivity contribution < 1.29 is 14.4 Å². The number of aromatic nitrogens is 1. The highest BCUT2D eigenvalue weighted by Gasteiger charge is 2.53. The van der Waals surface area contributed by atoms with E-state index < -0.39 is 23.7 Å². The quantitative estimate of drug-likeness (QED) is 0.406. The monoisotopic (exact) mass is 362 g/mol. The van der Waals surface area contributed by atoms with Crippen molar-refractivity contribution in [2.75, 3.05) is 4.90 Å². The van der Waals surface area contributed by atoms with Gasteiger partial charge in [0.1, 0.15) is 5.92 Å². The highest BCUT2D eigenvalue weighted by atomic mass is 32.1. The topological polar surface area (TPSA) is 67.3 Å². The fraction of sp³-hybridized carbons (Fsp3) is 0.100. The van der Waals surface area contributed by atoms with Crippen LogP contribution in [0, 0.1) is 5.92 Å². The minimum atomic E-state index is -1.09. The van der Waals surface area contributed by atoms with Gasteiger partial charge in [0.15, 0.2) is 10.9 Å². The van der Waals surface area contributed by atoms with Crippen molar-refractivity contribution in [3.63, 3.8) is 0 Å². The number of carbonyl (C=O) groups excluding carboxylic acids is 3. The van der Waals surface area contributed by atoms with Crippen LogP contribution in [0.3, 0.4) is 0 Å². The van der Waals surface area contributed by atoms with E-state index in [1.54, 1.807) is 41.9 Å². The van der Waals surface area contributed by atoms with Crippen LogP contribution in [-0.2, 0) is 9.59 Å². The van der Waals surface area contributed by atoms with E-state index in [2.05, 4.69) is 4.98 Å². The number of anilines is 1. The second kappa shape index (κ2) is 6.65. The molecule has 6 heteroatoms. The summed E-state index contributed by atoms with van der Waals surface area (Å²) in [6, 6.07) is 17.1. The van der Waals surface area contributed by atoms with Crippen LogP contribution in [0.5, 0.6) is 0 Å². The molecule has 3 aromatic rings. The Balaban J connectivity index is 1.85. The number of Topliss-reactive ketones (excluding diaryl/α,β-unsaturated/α-hetero) is 2. The van der Waals surface area contributed by atoms with Crippen LogP contribution in [-0.4, -0.2) is 22.5 Å². The first kappa shape index (κ1) is 16.4. The predicted octanol–water partition coefficient (Wildman–Crippen LogP) is 3.30. The van der Waals surface area contributed by atoms with Crippen LogP contribution in [0.15, 0.2) is 72.2 Å². The van der Waals surface area contributed by atoms with E-state index in [1.165, 1.54) is 16.2 Å². The number of rotatable bonds is 4. The number of hydrogen-bond donors (Lipinski definition) is 0. The zero-order chi connectivity index (χ0) is 18.1.